The van der Waals surface area contributed by atoms with Gasteiger partial charge in [-0.25, -0.2) is 8.42 Å². The molecule has 0 unspecified atom stereocenters. The van der Waals surface area contributed by atoms with Crippen molar-refractivity contribution < 1.29 is 23.2 Å². The molecule has 1 atom stereocenters. The monoisotopic (exact) mass is 401 g/mol. The third-order valence-corrected chi connectivity index (χ3v) is 6.07. The van der Waals surface area contributed by atoms with E-state index in [4.69, 9.17) is 4.74 Å². The maximum Gasteiger partial charge on any atom is 0.270 e. The van der Waals surface area contributed by atoms with Crippen LogP contribution in [0.1, 0.15) is 20.8 Å². The SMILES string of the molecule is CC(C)(C)OC[C@H](O)CN1CCN(S(=O)(=O)c2cccc([N+](=O)[O-])c2)CC1. The van der Waals surface area contributed by atoms with E-state index in [-0.39, 0.29) is 35.9 Å². The molecule has 0 radical (unpaired) electrons. The average molecular weight is 401 g/mol. The van der Waals surface area contributed by atoms with E-state index in [9.17, 15) is 23.6 Å². The highest BCUT2D eigenvalue weighted by Gasteiger charge is 2.30. The minimum absolute atomic E-state index is 0.0799. The van der Waals surface area contributed by atoms with Crippen molar-refractivity contribution in [2.24, 2.45) is 0 Å². The van der Waals surface area contributed by atoms with Crippen molar-refractivity contribution in [1.29, 1.82) is 0 Å². The summed E-state index contributed by atoms with van der Waals surface area (Å²) in [4.78, 5) is 12.2. The molecular formula is C17H27N3O6S. The van der Waals surface area contributed by atoms with Gasteiger partial charge in [0.2, 0.25) is 10.0 Å². The van der Waals surface area contributed by atoms with Crippen LogP contribution in [0.5, 0.6) is 0 Å². The predicted molar refractivity (Wildman–Crippen MR) is 100 cm³/mol. The van der Waals surface area contributed by atoms with E-state index in [1.165, 1.54) is 22.5 Å². The zero-order chi connectivity index (χ0) is 20.2. The number of nitro groups is 1. The smallest absolute Gasteiger partial charge is 0.270 e. The van der Waals surface area contributed by atoms with Gasteiger partial charge in [0.25, 0.3) is 5.69 Å². The van der Waals surface area contributed by atoms with Gasteiger partial charge in [-0.15, -0.1) is 0 Å². The Hall–Kier alpha value is -1.59. The van der Waals surface area contributed by atoms with Crippen LogP contribution in [0.2, 0.25) is 0 Å². The summed E-state index contributed by atoms with van der Waals surface area (Å²) in [6.07, 6.45) is -0.649. The summed E-state index contributed by atoms with van der Waals surface area (Å²) in [5.41, 5.74) is -0.580. The number of aliphatic hydroxyl groups excluding tert-OH is 1. The number of hydrogen-bond acceptors (Lipinski definition) is 7. The van der Waals surface area contributed by atoms with E-state index in [0.29, 0.717) is 19.6 Å². The number of ether oxygens (including phenoxy) is 1. The number of rotatable bonds is 7. The molecule has 1 heterocycles. The predicted octanol–water partition coefficient (Wildman–Crippen LogP) is 1.08. The number of piperazine rings is 1. The Labute approximate surface area is 159 Å². The van der Waals surface area contributed by atoms with Crippen LogP contribution in [0, 0.1) is 10.1 Å². The lowest BCUT2D eigenvalue weighted by Gasteiger charge is -2.35. The summed E-state index contributed by atoms with van der Waals surface area (Å²) in [6.45, 7) is 7.83. The zero-order valence-corrected chi connectivity index (χ0v) is 16.7. The normalized spacial score (nSPS) is 18.4. The van der Waals surface area contributed by atoms with Crippen LogP contribution in [0.4, 0.5) is 5.69 Å². The average Bonchev–Trinajstić information content (AvgIpc) is 2.60. The molecule has 0 aromatic heterocycles. The summed E-state index contributed by atoms with van der Waals surface area (Å²) in [5, 5.41) is 21.0. The van der Waals surface area contributed by atoms with E-state index in [0.717, 1.165) is 6.07 Å². The maximum atomic E-state index is 12.7. The summed E-state index contributed by atoms with van der Waals surface area (Å²) in [5.74, 6) is 0. The second kappa shape index (κ2) is 8.61. The summed E-state index contributed by atoms with van der Waals surface area (Å²) >= 11 is 0. The Morgan fingerprint density at radius 3 is 2.44 bits per heavy atom. The minimum Gasteiger partial charge on any atom is -0.389 e. The second-order valence-corrected chi connectivity index (χ2v) is 9.47. The topological polar surface area (TPSA) is 113 Å². The molecule has 1 aromatic carbocycles. The van der Waals surface area contributed by atoms with Crippen molar-refractivity contribution in [3.8, 4) is 0 Å². The van der Waals surface area contributed by atoms with Gasteiger partial charge in [-0.05, 0) is 26.8 Å². The van der Waals surface area contributed by atoms with Gasteiger partial charge >= 0.3 is 0 Å². The van der Waals surface area contributed by atoms with Crippen molar-refractivity contribution >= 4 is 15.7 Å². The van der Waals surface area contributed by atoms with Gasteiger partial charge in [0.05, 0.1) is 28.1 Å². The lowest BCUT2D eigenvalue weighted by Crippen LogP contribution is -2.50. The van der Waals surface area contributed by atoms with E-state index in [1.807, 2.05) is 25.7 Å². The number of aliphatic hydroxyl groups is 1. The summed E-state index contributed by atoms with van der Waals surface area (Å²) < 4.78 is 32.3. The van der Waals surface area contributed by atoms with Gasteiger partial charge in [0.15, 0.2) is 0 Å². The number of nitro benzene ring substituents is 1. The number of sulfonamides is 1. The molecule has 152 valence electrons. The fourth-order valence-electron chi connectivity index (χ4n) is 2.76. The molecule has 1 aliphatic heterocycles. The third-order valence-electron chi connectivity index (χ3n) is 4.18. The van der Waals surface area contributed by atoms with E-state index in [2.05, 4.69) is 0 Å². The fraction of sp³-hybridized carbons (Fsp3) is 0.647. The van der Waals surface area contributed by atoms with Crippen LogP contribution >= 0.6 is 0 Å². The standard InChI is InChI=1S/C17H27N3O6S/c1-17(2,3)26-13-15(21)12-18-7-9-19(10-8-18)27(24,25)16-6-4-5-14(11-16)20(22)23/h4-6,11,15,21H,7-10,12-13H2,1-3H3/t15-/m1/s1. The lowest BCUT2D eigenvalue weighted by molar-refractivity contribution is -0.385. The molecule has 1 N–H and O–H groups in total. The number of non-ortho nitro benzene ring substituents is 1. The first-order valence-electron chi connectivity index (χ1n) is 8.78. The van der Waals surface area contributed by atoms with E-state index >= 15 is 0 Å². The molecule has 1 aromatic rings. The summed E-state index contributed by atoms with van der Waals surface area (Å²) in [7, 11) is -3.78. The van der Waals surface area contributed by atoms with Crippen LogP contribution in [0.25, 0.3) is 0 Å². The number of nitrogens with zero attached hydrogens (tertiary/aromatic N) is 3. The molecule has 9 nitrogen and oxygen atoms in total. The highest BCUT2D eigenvalue weighted by atomic mass is 32.2. The molecular weight excluding hydrogens is 374 g/mol. The largest absolute Gasteiger partial charge is 0.389 e. The number of β-amino-alcohol motifs (C(OH)–C–C–N with tert-alkyl or cyclic N) is 1. The number of benzene rings is 1. The minimum atomic E-state index is -3.78. The van der Waals surface area contributed by atoms with Crippen LogP contribution in [-0.2, 0) is 14.8 Å². The molecule has 1 fully saturated rings. The van der Waals surface area contributed by atoms with Crippen molar-refractivity contribution in [3.05, 3.63) is 34.4 Å². The van der Waals surface area contributed by atoms with Gasteiger partial charge in [-0.2, -0.15) is 4.31 Å². The number of hydrogen-bond donors (Lipinski definition) is 1. The Morgan fingerprint density at radius 2 is 1.89 bits per heavy atom. The lowest BCUT2D eigenvalue weighted by atomic mass is 10.2. The molecule has 2 rings (SSSR count). The van der Waals surface area contributed by atoms with Gasteiger partial charge in [-0.1, -0.05) is 6.07 Å². The first-order chi connectivity index (χ1) is 12.5. The fourth-order valence-corrected chi connectivity index (χ4v) is 4.22. The maximum absolute atomic E-state index is 12.7. The van der Waals surface area contributed by atoms with Gasteiger partial charge in [0.1, 0.15) is 0 Å². The molecule has 0 aliphatic carbocycles. The molecule has 0 spiro atoms. The van der Waals surface area contributed by atoms with E-state index < -0.39 is 21.1 Å². The quantitative estimate of drug-likeness (QED) is 0.537. The Morgan fingerprint density at radius 1 is 1.26 bits per heavy atom. The first kappa shape index (κ1) is 21.7. The molecule has 0 amide bonds. The van der Waals surface area contributed by atoms with Gasteiger partial charge < -0.3 is 9.84 Å². The Balaban J connectivity index is 1.92. The molecule has 27 heavy (non-hydrogen) atoms. The highest BCUT2D eigenvalue weighted by molar-refractivity contribution is 7.89. The van der Waals surface area contributed by atoms with Crippen LogP contribution < -0.4 is 0 Å². The highest BCUT2D eigenvalue weighted by Crippen LogP contribution is 2.22. The molecule has 1 saturated heterocycles. The first-order valence-corrected chi connectivity index (χ1v) is 10.2. The molecule has 0 saturated carbocycles. The Bertz CT molecular complexity index is 754. The van der Waals surface area contributed by atoms with Crippen LogP contribution in [0.3, 0.4) is 0 Å². The van der Waals surface area contributed by atoms with Gasteiger partial charge in [-0.3, -0.25) is 15.0 Å². The van der Waals surface area contributed by atoms with E-state index in [1.54, 1.807) is 0 Å². The molecule has 0 bridgehead atoms. The van der Waals surface area contributed by atoms with Crippen molar-refractivity contribution in [1.82, 2.24) is 9.21 Å². The molecule has 10 heteroatoms. The van der Waals surface area contributed by atoms with Crippen molar-refractivity contribution in [3.63, 3.8) is 0 Å². The summed E-state index contributed by atoms with van der Waals surface area (Å²) in [6, 6.07) is 5.07. The van der Waals surface area contributed by atoms with Crippen molar-refractivity contribution in [2.45, 2.75) is 37.4 Å². The van der Waals surface area contributed by atoms with Crippen LogP contribution in [-0.4, -0.2) is 78.7 Å². The third kappa shape index (κ3) is 6.22. The van der Waals surface area contributed by atoms with Gasteiger partial charge in [0, 0.05) is 44.9 Å². The second-order valence-electron chi connectivity index (χ2n) is 7.54. The molecule has 1 aliphatic rings. The van der Waals surface area contributed by atoms with Crippen molar-refractivity contribution in [2.75, 3.05) is 39.3 Å². The Kier molecular flexibility index (Phi) is 6.92. The zero-order valence-electron chi connectivity index (χ0n) is 15.9. The van der Waals surface area contributed by atoms with Crippen LogP contribution in [0.15, 0.2) is 29.2 Å².